The molecule has 0 aliphatic rings. The average Bonchev–Trinajstić information content (AvgIpc) is 2.84. The molecule has 1 unspecified atom stereocenters. The van der Waals surface area contributed by atoms with E-state index in [0.29, 0.717) is 0 Å². The van der Waals surface area contributed by atoms with Gasteiger partial charge in [-0.3, -0.25) is 14.9 Å². The normalized spacial score (nSPS) is 12.0. The zero-order valence-electron chi connectivity index (χ0n) is 11.2. The molecule has 2 rings (SSSR count). The van der Waals surface area contributed by atoms with Crippen molar-refractivity contribution in [2.45, 2.75) is 19.9 Å². The Morgan fingerprint density at radius 3 is 2.86 bits per heavy atom. The van der Waals surface area contributed by atoms with Crippen molar-refractivity contribution in [1.29, 1.82) is 0 Å². The first-order valence-electron chi connectivity index (χ1n) is 5.92. The van der Waals surface area contributed by atoms with Crippen LogP contribution in [0.5, 0.6) is 0 Å². The van der Waals surface area contributed by atoms with Crippen LogP contribution in [0.25, 0.3) is 0 Å². The first kappa shape index (κ1) is 15.3. The van der Waals surface area contributed by atoms with E-state index in [2.05, 4.69) is 15.3 Å². The number of amides is 1. The Labute approximate surface area is 129 Å². The summed E-state index contributed by atoms with van der Waals surface area (Å²) >= 11 is 7.09. The number of nitrogens with zero attached hydrogens (tertiary/aromatic N) is 3. The molecule has 0 spiro atoms. The zero-order chi connectivity index (χ0) is 15.6. The molecule has 0 saturated heterocycles. The standard InChI is InChI=1S/C12H11ClN4O3S/c1-6-5-21-12(15-6)7(2)16-11(18)8-3-4-14-10(13)9(8)17(19)20/h3-5,7H,1-2H3,(H,16,18). The molecule has 7 nitrogen and oxygen atoms in total. The number of nitro groups is 1. The molecule has 2 heterocycles. The van der Waals surface area contributed by atoms with Crippen LogP contribution < -0.4 is 5.32 Å². The fourth-order valence-corrected chi connectivity index (χ4v) is 2.72. The van der Waals surface area contributed by atoms with Gasteiger partial charge in [0.1, 0.15) is 10.6 Å². The molecule has 21 heavy (non-hydrogen) atoms. The van der Waals surface area contributed by atoms with Crippen molar-refractivity contribution in [3.05, 3.63) is 49.2 Å². The zero-order valence-corrected chi connectivity index (χ0v) is 12.7. The number of nitrogens with one attached hydrogen (secondary N) is 1. The molecule has 1 N–H and O–H groups in total. The summed E-state index contributed by atoms with van der Waals surface area (Å²) in [6.45, 7) is 3.60. The number of hydrogen-bond acceptors (Lipinski definition) is 6. The Bertz CT molecular complexity index is 704. The summed E-state index contributed by atoms with van der Waals surface area (Å²) < 4.78 is 0. The van der Waals surface area contributed by atoms with Crippen molar-refractivity contribution < 1.29 is 9.72 Å². The van der Waals surface area contributed by atoms with Gasteiger partial charge in [-0.2, -0.15) is 0 Å². The second-order valence-corrected chi connectivity index (χ2v) is 5.53. The minimum Gasteiger partial charge on any atom is -0.343 e. The van der Waals surface area contributed by atoms with Crippen LogP contribution in [-0.2, 0) is 0 Å². The Morgan fingerprint density at radius 1 is 1.57 bits per heavy atom. The van der Waals surface area contributed by atoms with Crippen LogP contribution in [0, 0.1) is 17.0 Å². The first-order valence-corrected chi connectivity index (χ1v) is 7.17. The number of carbonyl (C=O) groups excluding carboxylic acids is 1. The van der Waals surface area contributed by atoms with Gasteiger partial charge in [-0.25, -0.2) is 9.97 Å². The number of hydrogen-bond donors (Lipinski definition) is 1. The van der Waals surface area contributed by atoms with E-state index in [0.717, 1.165) is 10.7 Å². The maximum absolute atomic E-state index is 12.2. The largest absolute Gasteiger partial charge is 0.343 e. The monoisotopic (exact) mass is 326 g/mol. The van der Waals surface area contributed by atoms with Crippen LogP contribution in [-0.4, -0.2) is 20.8 Å². The SMILES string of the molecule is Cc1csc(C(C)NC(=O)c2ccnc(Cl)c2[N+](=O)[O-])n1. The van der Waals surface area contributed by atoms with E-state index in [1.54, 1.807) is 6.92 Å². The Balaban J connectivity index is 2.25. The third-order valence-electron chi connectivity index (χ3n) is 2.66. The van der Waals surface area contributed by atoms with E-state index in [1.807, 2.05) is 12.3 Å². The molecule has 0 aliphatic carbocycles. The van der Waals surface area contributed by atoms with E-state index >= 15 is 0 Å². The third kappa shape index (κ3) is 3.34. The molecule has 0 aliphatic heterocycles. The van der Waals surface area contributed by atoms with E-state index in [-0.39, 0.29) is 16.8 Å². The predicted octanol–water partition coefficient (Wildman–Crippen LogP) is 2.90. The Kier molecular flexibility index (Phi) is 4.49. The van der Waals surface area contributed by atoms with Crippen LogP contribution in [0.15, 0.2) is 17.6 Å². The number of thiazole rings is 1. The van der Waals surface area contributed by atoms with Gasteiger partial charge >= 0.3 is 5.69 Å². The molecule has 1 amide bonds. The maximum Gasteiger partial charge on any atom is 0.319 e. The maximum atomic E-state index is 12.2. The number of aryl methyl sites for hydroxylation is 1. The third-order valence-corrected chi connectivity index (χ3v) is 4.08. The van der Waals surface area contributed by atoms with Crippen LogP contribution in [0.3, 0.4) is 0 Å². The van der Waals surface area contributed by atoms with E-state index < -0.39 is 16.5 Å². The first-order chi connectivity index (χ1) is 9.90. The summed E-state index contributed by atoms with van der Waals surface area (Å²) in [5, 5.41) is 15.9. The lowest BCUT2D eigenvalue weighted by Crippen LogP contribution is -2.27. The molecule has 0 fully saturated rings. The summed E-state index contributed by atoms with van der Waals surface area (Å²) in [7, 11) is 0. The van der Waals surface area contributed by atoms with Crippen LogP contribution >= 0.6 is 22.9 Å². The van der Waals surface area contributed by atoms with Gasteiger partial charge in [0.25, 0.3) is 5.91 Å². The van der Waals surface area contributed by atoms with Gasteiger partial charge in [-0.05, 0) is 19.9 Å². The number of carbonyl (C=O) groups is 1. The second kappa shape index (κ2) is 6.15. The van der Waals surface area contributed by atoms with Crippen molar-refractivity contribution in [1.82, 2.24) is 15.3 Å². The van der Waals surface area contributed by atoms with Gasteiger partial charge < -0.3 is 5.32 Å². The molecule has 9 heteroatoms. The minimum atomic E-state index is -0.720. The molecule has 2 aromatic rings. The second-order valence-electron chi connectivity index (χ2n) is 4.28. The molecule has 2 aromatic heterocycles. The molecule has 0 radical (unpaired) electrons. The highest BCUT2D eigenvalue weighted by molar-refractivity contribution is 7.09. The van der Waals surface area contributed by atoms with Crippen molar-refractivity contribution >= 4 is 34.5 Å². The lowest BCUT2D eigenvalue weighted by molar-refractivity contribution is -0.385. The topological polar surface area (TPSA) is 98.0 Å². The smallest absolute Gasteiger partial charge is 0.319 e. The molecule has 0 saturated carbocycles. The van der Waals surface area contributed by atoms with Crippen molar-refractivity contribution in [2.24, 2.45) is 0 Å². The quantitative estimate of drug-likeness (QED) is 0.529. The molecular weight excluding hydrogens is 316 g/mol. The molecule has 0 bridgehead atoms. The van der Waals surface area contributed by atoms with Gasteiger partial charge in [0, 0.05) is 17.3 Å². The van der Waals surface area contributed by atoms with Gasteiger partial charge in [0.2, 0.25) is 5.15 Å². The summed E-state index contributed by atoms with van der Waals surface area (Å²) in [5.74, 6) is -0.591. The summed E-state index contributed by atoms with van der Waals surface area (Å²) in [4.78, 5) is 30.3. The number of rotatable bonds is 4. The summed E-state index contributed by atoms with van der Waals surface area (Å²) in [5.41, 5.74) is 0.230. The highest BCUT2D eigenvalue weighted by atomic mass is 35.5. The fourth-order valence-electron chi connectivity index (χ4n) is 1.69. The van der Waals surface area contributed by atoms with Gasteiger partial charge in [-0.15, -0.1) is 11.3 Å². The molecular formula is C12H11ClN4O3S. The predicted molar refractivity (Wildman–Crippen MR) is 78.6 cm³/mol. The molecule has 0 aromatic carbocycles. The van der Waals surface area contributed by atoms with E-state index in [9.17, 15) is 14.9 Å². The fraction of sp³-hybridized carbons (Fsp3) is 0.250. The van der Waals surface area contributed by atoms with Gasteiger partial charge in [0.05, 0.1) is 11.0 Å². The highest BCUT2D eigenvalue weighted by Gasteiger charge is 2.26. The lowest BCUT2D eigenvalue weighted by atomic mass is 10.2. The van der Waals surface area contributed by atoms with E-state index in [4.69, 9.17) is 11.6 Å². The van der Waals surface area contributed by atoms with Crippen LogP contribution in [0.4, 0.5) is 5.69 Å². The molecule has 1 atom stereocenters. The highest BCUT2D eigenvalue weighted by Crippen LogP contribution is 2.26. The number of pyridine rings is 1. The Morgan fingerprint density at radius 2 is 2.29 bits per heavy atom. The Hall–Kier alpha value is -2.06. The van der Waals surface area contributed by atoms with E-state index in [1.165, 1.54) is 23.6 Å². The average molecular weight is 327 g/mol. The van der Waals surface area contributed by atoms with Crippen LogP contribution in [0.1, 0.15) is 34.0 Å². The molecule has 110 valence electrons. The number of halogens is 1. The van der Waals surface area contributed by atoms with Crippen molar-refractivity contribution in [2.75, 3.05) is 0 Å². The van der Waals surface area contributed by atoms with Crippen molar-refractivity contribution in [3.8, 4) is 0 Å². The summed E-state index contributed by atoms with van der Waals surface area (Å²) in [6.07, 6.45) is 1.25. The van der Waals surface area contributed by atoms with Gasteiger partial charge in [-0.1, -0.05) is 11.6 Å². The summed E-state index contributed by atoms with van der Waals surface area (Å²) in [6, 6.07) is 0.904. The number of aromatic nitrogens is 2. The lowest BCUT2D eigenvalue weighted by Gasteiger charge is -2.11. The minimum absolute atomic E-state index is 0.125. The van der Waals surface area contributed by atoms with Crippen LogP contribution in [0.2, 0.25) is 5.15 Å². The van der Waals surface area contributed by atoms with Gasteiger partial charge in [0.15, 0.2) is 0 Å². The van der Waals surface area contributed by atoms with Crippen molar-refractivity contribution in [3.63, 3.8) is 0 Å².